The number of carbonyl (C=O) groups is 1. The van der Waals surface area contributed by atoms with Gasteiger partial charge in [0.15, 0.2) is 6.29 Å². The van der Waals surface area contributed by atoms with Crippen LogP contribution in [-0.4, -0.2) is 11.3 Å². The van der Waals surface area contributed by atoms with Crippen LogP contribution >= 0.6 is 0 Å². The van der Waals surface area contributed by atoms with Crippen LogP contribution in [-0.2, 0) is 0 Å². The highest BCUT2D eigenvalue weighted by atomic mass is 16.1. The molecule has 0 saturated carbocycles. The fourth-order valence-electron chi connectivity index (χ4n) is 3.25. The van der Waals surface area contributed by atoms with Gasteiger partial charge in [-0.25, -0.2) is 0 Å². The number of nitrogens with zero attached hydrogens (tertiary/aromatic N) is 1. The standard InChI is InChI=1S/C23H18N2O/c1-16-19(17-7-3-2-4-8-17)9-5-11-21(16)25-22-12-6-10-20-18(15-26)13-14-24-23(20)22/h2-15,25H,1H3. The molecule has 0 aliphatic carbocycles. The largest absolute Gasteiger partial charge is 0.354 e. The predicted molar refractivity (Wildman–Crippen MR) is 107 cm³/mol. The Morgan fingerprint density at radius 2 is 1.62 bits per heavy atom. The van der Waals surface area contributed by atoms with Crippen molar-refractivity contribution < 1.29 is 4.79 Å². The molecular weight excluding hydrogens is 320 g/mol. The van der Waals surface area contributed by atoms with Gasteiger partial charge in [-0.15, -0.1) is 0 Å². The predicted octanol–water partition coefficient (Wildman–Crippen LogP) is 5.77. The van der Waals surface area contributed by atoms with Crippen molar-refractivity contribution in [2.24, 2.45) is 0 Å². The first-order chi connectivity index (χ1) is 12.8. The van der Waals surface area contributed by atoms with E-state index in [9.17, 15) is 4.79 Å². The molecule has 26 heavy (non-hydrogen) atoms. The number of carbonyl (C=O) groups excluding carboxylic acids is 1. The van der Waals surface area contributed by atoms with E-state index in [-0.39, 0.29) is 0 Å². The molecule has 0 fully saturated rings. The van der Waals surface area contributed by atoms with Gasteiger partial charge in [0.1, 0.15) is 0 Å². The van der Waals surface area contributed by atoms with Gasteiger partial charge in [-0.05, 0) is 41.8 Å². The van der Waals surface area contributed by atoms with E-state index in [1.54, 1.807) is 12.3 Å². The van der Waals surface area contributed by atoms with Gasteiger partial charge in [-0.1, -0.05) is 54.6 Å². The highest BCUT2D eigenvalue weighted by Gasteiger charge is 2.09. The zero-order valence-corrected chi connectivity index (χ0v) is 14.4. The maximum absolute atomic E-state index is 11.3. The highest BCUT2D eigenvalue weighted by Crippen LogP contribution is 2.32. The van der Waals surface area contributed by atoms with Crippen LogP contribution in [0.4, 0.5) is 11.4 Å². The summed E-state index contributed by atoms with van der Waals surface area (Å²) in [5.74, 6) is 0. The van der Waals surface area contributed by atoms with Gasteiger partial charge in [0.2, 0.25) is 0 Å². The van der Waals surface area contributed by atoms with Crippen molar-refractivity contribution in [3.05, 3.63) is 90.1 Å². The average Bonchev–Trinajstić information content (AvgIpc) is 2.70. The van der Waals surface area contributed by atoms with Crippen LogP contribution in [0.2, 0.25) is 0 Å². The molecule has 0 spiro atoms. The molecular formula is C23H18N2O. The lowest BCUT2D eigenvalue weighted by molar-refractivity contribution is 0.112. The molecule has 3 heteroatoms. The second-order valence-electron chi connectivity index (χ2n) is 6.19. The first kappa shape index (κ1) is 16.0. The summed E-state index contributed by atoms with van der Waals surface area (Å²) in [4.78, 5) is 15.8. The number of pyridine rings is 1. The van der Waals surface area contributed by atoms with Crippen molar-refractivity contribution in [3.8, 4) is 11.1 Å². The lowest BCUT2D eigenvalue weighted by Crippen LogP contribution is -1.97. The maximum atomic E-state index is 11.3. The molecule has 0 aliphatic rings. The summed E-state index contributed by atoms with van der Waals surface area (Å²) in [6, 6.07) is 24.2. The lowest BCUT2D eigenvalue weighted by Gasteiger charge is -2.15. The highest BCUT2D eigenvalue weighted by molar-refractivity contribution is 6.02. The zero-order valence-electron chi connectivity index (χ0n) is 14.4. The van der Waals surface area contributed by atoms with Crippen LogP contribution < -0.4 is 5.32 Å². The summed E-state index contributed by atoms with van der Waals surface area (Å²) in [7, 11) is 0. The van der Waals surface area contributed by atoms with Gasteiger partial charge in [0.05, 0.1) is 11.2 Å². The summed E-state index contributed by atoms with van der Waals surface area (Å²) < 4.78 is 0. The van der Waals surface area contributed by atoms with Crippen LogP contribution in [0.5, 0.6) is 0 Å². The summed E-state index contributed by atoms with van der Waals surface area (Å²) in [5, 5.41) is 4.35. The topological polar surface area (TPSA) is 42.0 Å². The first-order valence-corrected chi connectivity index (χ1v) is 8.53. The normalized spacial score (nSPS) is 10.7. The first-order valence-electron chi connectivity index (χ1n) is 8.53. The van der Waals surface area contributed by atoms with E-state index in [2.05, 4.69) is 41.5 Å². The van der Waals surface area contributed by atoms with Gasteiger partial charge in [-0.2, -0.15) is 0 Å². The van der Waals surface area contributed by atoms with E-state index in [1.165, 1.54) is 16.7 Å². The van der Waals surface area contributed by atoms with Crippen LogP contribution in [0.15, 0.2) is 79.0 Å². The fourth-order valence-corrected chi connectivity index (χ4v) is 3.25. The Hall–Kier alpha value is -3.46. The maximum Gasteiger partial charge on any atom is 0.150 e. The quantitative estimate of drug-likeness (QED) is 0.481. The molecule has 0 atom stereocenters. The number of aldehydes is 1. The van der Waals surface area contributed by atoms with E-state index in [0.29, 0.717) is 5.56 Å². The lowest BCUT2D eigenvalue weighted by atomic mass is 9.99. The summed E-state index contributed by atoms with van der Waals surface area (Å²) in [6.45, 7) is 2.11. The Morgan fingerprint density at radius 1 is 0.846 bits per heavy atom. The van der Waals surface area contributed by atoms with Crippen LogP contribution in [0, 0.1) is 6.92 Å². The smallest absolute Gasteiger partial charge is 0.150 e. The molecule has 0 amide bonds. The Kier molecular flexibility index (Phi) is 4.20. The van der Waals surface area contributed by atoms with Crippen LogP contribution in [0.25, 0.3) is 22.0 Å². The molecule has 0 saturated heterocycles. The van der Waals surface area contributed by atoms with E-state index in [1.807, 2.05) is 42.5 Å². The number of hydrogen-bond donors (Lipinski definition) is 1. The van der Waals surface area contributed by atoms with E-state index in [0.717, 1.165) is 28.6 Å². The third kappa shape index (κ3) is 2.84. The van der Waals surface area contributed by atoms with Gasteiger partial charge < -0.3 is 5.32 Å². The molecule has 0 bridgehead atoms. The molecule has 0 radical (unpaired) electrons. The summed E-state index contributed by atoms with van der Waals surface area (Å²) in [5.41, 5.74) is 6.90. The van der Waals surface area contributed by atoms with Crippen molar-refractivity contribution in [1.29, 1.82) is 0 Å². The van der Waals surface area contributed by atoms with Crippen molar-refractivity contribution >= 4 is 28.6 Å². The molecule has 1 aromatic heterocycles. The number of nitrogens with one attached hydrogen (secondary N) is 1. The van der Waals surface area contributed by atoms with Crippen molar-refractivity contribution in [3.63, 3.8) is 0 Å². The molecule has 4 aromatic rings. The minimum absolute atomic E-state index is 0.647. The third-order valence-electron chi connectivity index (χ3n) is 4.62. The molecule has 1 heterocycles. The van der Waals surface area contributed by atoms with E-state index < -0.39 is 0 Å². The van der Waals surface area contributed by atoms with E-state index >= 15 is 0 Å². The Balaban J connectivity index is 1.80. The minimum atomic E-state index is 0.647. The zero-order chi connectivity index (χ0) is 17.9. The monoisotopic (exact) mass is 338 g/mol. The molecule has 126 valence electrons. The van der Waals surface area contributed by atoms with Crippen molar-refractivity contribution in [1.82, 2.24) is 4.98 Å². The Labute approximate surface area is 152 Å². The number of fused-ring (bicyclic) bond motifs is 1. The number of aromatic nitrogens is 1. The Morgan fingerprint density at radius 3 is 2.42 bits per heavy atom. The SMILES string of the molecule is Cc1c(Nc2cccc3c(C=O)ccnc23)cccc1-c1ccccc1. The van der Waals surface area contributed by atoms with E-state index in [4.69, 9.17) is 0 Å². The van der Waals surface area contributed by atoms with Crippen molar-refractivity contribution in [2.75, 3.05) is 5.32 Å². The number of anilines is 2. The molecule has 3 aromatic carbocycles. The molecule has 3 nitrogen and oxygen atoms in total. The van der Waals surface area contributed by atoms with Gasteiger partial charge in [0.25, 0.3) is 0 Å². The molecule has 1 N–H and O–H groups in total. The molecule has 0 unspecified atom stereocenters. The second-order valence-corrected chi connectivity index (χ2v) is 6.19. The minimum Gasteiger partial charge on any atom is -0.354 e. The van der Waals surface area contributed by atoms with Gasteiger partial charge >= 0.3 is 0 Å². The van der Waals surface area contributed by atoms with Gasteiger partial charge in [0, 0.05) is 22.8 Å². The van der Waals surface area contributed by atoms with Crippen LogP contribution in [0.1, 0.15) is 15.9 Å². The average molecular weight is 338 g/mol. The van der Waals surface area contributed by atoms with Crippen LogP contribution in [0.3, 0.4) is 0 Å². The third-order valence-corrected chi connectivity index (χ3v) is 4.62. The Bertz CT molecular complexity index is 1090. The van der Waals surface area contributed by atoms with Crippen molar-refractivity contribution in [2.45, 2.75) is 6.92 Å². The molecule has 0 aliphatic heterocycles. The molecule has 4 rings (SSSR count). The number of benzene rings is 3. The number of rotatable bonds is 4. The second kappa shape index (κ2) is 6.81. The summed E-state index contributed by atoms with van der Waals surface area (Å²) >= 11 is 0. The van der Waals surface area contributed by atoms with Gasteiger partial charge in [-0.3, -0.25) is 9.78 Å². The number of para-hydroxylation sites is 1. The number of hydrogen-bond acceptors (Lipinski definition) is 3. The summed E-state index contributed by atoms with van der Waals surface area (Å²) in [6.07, 6.45) is 2.54. The fraction of sp³-hybridized carbons (Fsp3) is 0.0435.